The van der Waals surface area contributed by atoms with E-state index in [0.717, 1.165) is 0 Å². The van der Waals surface area contributed by atoms with Gasteiger partial charge in [0, 0.05) is 12.3 Å². The summed E-state index contributed by atoms with van der Waals surface area (Å²) in [6.45, 7) is 3.59. The third-order valence-corrected chi connectivity index (χ3v) is 3.11. The average Bonchev–Trinajstić information content (AvgIpc) is 1.95. The normalized spacial score (nSPS) is 16.7. The largest absolute Gasteiger partial charge is 0.474 e. The van der Waals surface area contributed by atoms with Gasteiger partial charge in [-0.15, -0.1) is 11.6 Å². The Morgan fingerprint density at radius 3 is 2.40 bits per heavy atom. The monoisotopic (exact) mass is 298 g/mol. The molecule has 0 saturated carbocycles. The van der Waals surface area contributed by atoms with Gasteiger partial charge in [0.05, 0.1) is 6.61 Å². The molecule has 1 unspecified atom stereocenters. The summed E-state index contributed by atoms with van der Waals surface area (Å²) in [6, 6.07) is 0. The Kier molecular flexibility index (Phi) is 7.09. The number of phosphoric ester groups is 1. The van der Waals surface area contributed by atoms with Gasteiger partial charge in [-0.3, -0.25) is 4.52 Å². The average molecular weight is 300 g/mol. The van der Waals surface area contributed by atoms with Crippen LogP contribution in [0.25, 0.3) is 0 Å². The summed E-state index contributed by atoms with van der Waals surface area (Å²) in [5.74, 6) is 0.198. The lowest BCUT2D eigenvalue weighted by atomic mass is 10.1. The molecule has 0 aromatic carbocycles. The topological polar surface area (TPSA) is 55.8 Å². The number of hydrogen-bond donors (Lipinski definition) is 1. The van der Waals surface area contributed by atoms with Gasteiger partial charge in [0.25, 0.3) is 0 Å². The van der Waals surface area contributed by atoms with E-state index in [2.05, 4.69) is 9.05 Å². The first-order chi connectivity index (χ1) is 6.68. The van der Waals surface area contributed by atoms with E-state index in [0.29, 0.717) is 0 Å². The highest BCUT2D eigenvalue weighted by Crippen LogP contribution is 2.51. The van der Waals surface area contributed by atoms with Crippen LogP contribution in [0.5, 0.6) is 0 Å². The van der Waals surface area contributed by atoms with E-state index in [9.17, 15) is 9.46 Å². The Labute approximate surface area is 104 Å². The maximum atomic E-state index is 11.3. The third-order valence-electron chi connectivity index (χ3n) is 1.23. The molecule has 0 aliphatic heterocycles. The molecule has 0 amide bonds. The Morgan fingerprint density at radius 2 is 2.00 bits per heavy atom. The van der Waals surface area contributed by atoms with Gasteiger partial charge < -0.3 is 4.89 Å². The molecule has 92 valence electrons. The van der Waals surface area contributed by atoms with Crippen molar-refractivity contribution in [2.75, 3.05) is 12.5 Å². The van der Waals surface area contributed by atoms with Crippen LogP contribution in [0.4, 0.5) is 0 Å². The van der Waals surface area contributed by atoms with Gasteiger partial charge in [0.2, 0.25) is 4.52 Å². The molecule has 15 heavy (non-hydrogen) atoms. The number of phosphoric acid groups is 1. The van der Waals surface area contributed by atoms with Crippen LogP contribution in [0, 0.1) is 5.92 Å². The predicted octanol–water partition coefficient (Wildman–Crippen LogP) is 3.54. The standard InChI is InChI=1S/C7H14Cl3O4P/c1-6(2)5-7(9,10)14-15(11,12)13-4-3-8/h6H,3-5H2,1-2H3,(H,11,12). The zero-order valence-electron chi connectivity index (χ0n) is 8.45. The Balaban J connectivity index is 4.23. The molecule has 0 aliphatic rings. The summed E-state index contributed by atoms with van der Waals surface area (Å²) < 4.78 is 18.6. The predicted molar refractivity (Wildman–Crippen MR) is 61.5 cm³/mol. The quantitative estimate of drug-likeness (QED) is 0.577. The Bertz CT molecular complexity index is 234. The molecule has 1 N–H and O–H groups in total. The maximum Gasteiger partial charge on any atom is 0.474 e. The maximum absolute atomic E-state index is 11.3. The molecule has 0 fully saturated rings. The highest BCUT2D eigenvalue weighted by atomic mass is 35.5. The molecule has 0 aromatic rings. The van der Waals surface area contributed by atoms with Crippen LogP contribution in [0.1, 0.15) is 20.3 Å². The summed E-state index contributed by atoms with van der Waals surface area (Å²) in [4.78, 5) is 9.18. The molecule has 0 saturated heterocycles. The van der Waals surface area contributed by atoms with E-state index >= 15 is 0 Å². The van der Waals surface area contributed by atoms with Gasteiger partial charge in [-0.05, 0) is 5.92 Å². The molecule has 0 rings (SSSR count). The molecule has 0 radical (unpaired) electrons. The van der Waals surface area contributed by atoms with Crippen LogP contribution in [0.15, 0.2) is 0 Å². The fourth-order valence-corrected chi connectivity index (χ4v) is 2.97. The van der Waals surface area contributed by atoms with E-state index in [1.165, 1.54) is 0 Å². The van der Waals surface area contributed by atoms with E-state index in [4.69, 9.17) is 34.8 Å². The van der Waals surface area contributed by atoms with E-state index in [-0.39, 0.29) is 24.8 Å². The van der Waals surface area contributed by atoms with Crippen molar-refractivity contribution in [2.45, 2.75) is 24.8 Å². The highest BCUT2D eigenvalue weighted by molar-refractivity contribution is 7.47. The van der Waals surface area contributed by atoms with Crippen molar-refractivity contribution in [2.24, 2.45) is 5.92 Å². The van der Waals surface area contributed by atoms with Crippen LogP contribution in [0.3, 0.4) is 0 Å². The van der Waals surface area contributed by atoms with Gasteiger partial charge >= 0.3 is 7.82 Å². The van der Waals surface area contributed by atoms with Crippen LogP contribution >= 0.6 is 42.6 Å². The molecule has 4 nitrogen and oxygen atoms in total. The van der Waals surface area contributed by atoms with Crippen molar-refractivity contribution in [3.63, 3.8) is 0 Å². The fraction of sp³-hybridized carbons (Fsp3) is 1.00. The van der Waals surface area contributed by atoms with Crippen molar-refractivity contribution in [3.05, 3.63) is 0 Å². The molecule has 1 atom stereocenters. The summed E-state index contributed by atoms with van der Waals surface area (Å²) in [6.07, 6.45) is 0.213. The van der Waals surface area contributed by atoms with Crippen LogP contribution in [-0.2, 0) is 13.6 Å². The molecule has 0 bridgehead atoms. The minimum absolute atomic E-state index is 0.0790. The molecule has 8 heteroatoms. The lowest BCUT2D eigenvalue weighted by Crippen LogP contribution is -2.19. The van der Waals surface area contributed by atoms with Crippen molar-refractivity contribution in [3.8, 4) is 0 Å². The molecular formula is C7H14Cl3O4P. The number of rotatable bonds is 7. The van der Waals surface area contributed by atoms with Crippen LogP contribution in [0.2, 0.25) is 0 Å². The number of hydrogen-bond acceptors (Lipinski definition) is 3. The Morgan fingerprint density at radius 1 is 1.47 bits per heavy atom. The van der Waals surface area contributed by atoms with E-state index < -0.39 is 12.3 Å². The first-order valence-electron chi connectivity index (χ1n) is 4.30. The third kappa shape index (κ3) is 8.75. The summed E-state index contributed by atoms with van der Waals surface area (Å²) in [7, 11) is -4.24. The summed E-state index contributed by atoms with van der Waals surface area (Å²) in [5.41, 5.74) is 0. The van der Waals surface area contributed by atoms with Crippen molar-refractivity contribution in [1.82, 2.24) is 0 Å². The highest BCUT2D eigenvalue weighted by Gasteiger charge is 2.36. The minimum atomic E-state index is -4.24. The molecule has 0 aliphatic carbocycles. The second kappa shape index (κ2) is 6.65. The fourth-order valence-electron chi connectivity index (χ4n) is 0.858. The van der Waals surface area contributed by atoms with Crippen LogP contribution < -0.4 is 0 Å². The zero-order valence-corrected chi connectivity index (χ0v) is 11.6. The molecular weight excluding hydrogens is 285 g/mol. The SMILES string of the molecule is CC(C)CC(Cl)(Cl)OP(=O)(O)OCCCl. The number of halogens is 3. The second-order valence-electron chi connectivity index (χ2n) is 3.32. The van der Waals surface area contributed by atoms with Gasteiger partial charge in [-0.2, -0.15) is 0 Å². The first kappa shape index (κ1) is 16.0. The van der Waals surface area contributed by atoms with Crippen molar-refractivity contribution < 1.29 is 18.5 Å². The lowest BCUT2D eigenvalue weighted by Gasteiger charge is -2.23. The first-order valence-corrected chi connectivity index (χ1v) is 7.09. The molecule has 0 aromatic heterocycles. The molecule has 0 spiro atoms. The van der Waals surface area contributed by atoms with Crippen LogP contribution in [-0.4, -0.2) is 21.9 Å². The zero-order chi connectivity index (χ0) is 12.1. The lowest BCUT2D eigenvalue weighted by molar-refractivity contribution is 0.114. The van der Waals surface area contributed by atoms with Gasteiger partial charge in [0.1, 0.15) is 0 Å². The summed E-state index contributed by atoms with van der Waals surface area (Å²) in [5, 5.41) is 0. The smallest absolute Gasteiger partial charge is 0.302 e. The van der Waals surface area contributed by atoms with E-state index in [1.54, 1.807) is 0 Å². The van der Waals surface area contributed by atoms with Gasteiger partial charge in [-0.25, -0.2) is 9.09 Å². The minimum Gasteiger partial charge on any atom is -0.302 e. The van der Waals surface area contributed by atoms with E-state index in [1.807, 2.05) is 13.8 Å². The van der Waals surface area contributed by atoms with Gasteiger partial charge in [-0.1, -0.05) is 37.0 Å². The Hall–Kier alpha value is 0.980. The van der Waals surface area contributed by atoms with Gasteiger partial charge in [0.15, 0.2) is 0 Å². The van der Waals surface area contributed by atoms with Crippen molar-refractivity contribution >= 4 is 42.6 Å². The molecule has 0 heterocycles. The van der Waals surface area contributed by atoms with Crippen molar-refractivity contribution in [1.29, 1.82) is 0 Å². The summed E-state index contributed by atoms with van der Waals surface area (Å²) >= 11 is 16.7. The number of alkyl halides is 3. The second-order valence-corrected chi connectivity index (χ2v) is 6.49.